The maximum absolute atomic E-state index is 5.64. The van der Waals surface area contributed by atoms with Gasteiger partial charge in [0.1, 0.15) is 5.82 Å². The average Bonchev–Trinajstić information content (AvgIpc) is 2.26. The molecule has 1 aromatic heterocycles. The lowest BCUT2D eigenvalue weighted by Crippen LogP contribution is -2.35. The van der Waals surface area contributed by atoms with Crippen molar-refractivity contribution < 1.29 is 0 Å². The first kappa shape index (κ1) is 13.0. The Kier molecular flexibility index (Phi) is 3.92. The van der Waals surface area contributed by atoms with Crippen molar-refractivity contribution in [1.29, 1.82) is 0 Å². The monoisotopic (exact) mass is 221 g/mol. The van der Waals surface area contributed by atoms with Crippen LogP contribution in [0.5, 0.6) is 0 Å². The van der Waals surface area contributed by atoms with Crippen LogP contribution in [0.4, 0.5) is 5.82 Å². The van der Waals surface area contributed by atoms with E-state index in [1.807, 2.05) is 13.2 Å². The second-order valence-electron chi connectivity index (χ2n) is 5.35. The Balaban J connectivity index is 2.87. The summed E-state index contributed by atoms with van der Waals surface area (Å²) in [7, 11) is 2.02. The van der Waals surface area contributed by atoms with E-state index in [0.717, 1.165) is 5.82 Å². The minimum absolute atomic E-state index is 0.156. The van der Waals surface area contributed by atoms with Crippen LogP contribution in [-0.4, -0.2) is 24.6 Å². The first-order valence-corrected chi connectivity index (χ1v) is 5.75. The molecule has 0 aliphatic carbocycles. The first-order chi connectivity index (χ1) is 7.36. The van der Waals surface area contributed by atoms with Gasteiger partial charge >= 0.3 is 0 Å². The van der Waals surface area contributed by atoms with Crippen LogP contribution in [0.3, 0.4) is 0 Å². The largest absolute Gasteiger partial charge is 0.356 e. The molecule has 0 amide bonds. The number of aromatic nitrogens is 1. The summed E-state index contributed by atoms with van der Waals surface area (Å²) in [5.41, 5.74) is 7.05. The minimum Gasteiger partial charge on any atom is -0.356 e. The van der Waals surface area contributed by atoms with Crippen molar-refractivity contribution in [3.05, 3.63) is 23.9 Å². The number of rotatable bonds is 3. The lowest BCUT2D eigenvalue weighted by molar-refractivity contribution is 0.586. The van der Waals surface area contributed by atoms with Crippen LogP contribution in [0.2, 0.25) is 0 Å². The Labute approximate surface area is 98.7 Å². The second kappa shape index (κ2) is 4.83. The van der Waals surface area contributed by atoms with Crippen LogP contribution in [-0.2, 0) is 5.41 Å². The van der Waals surface area contributed by atoms with E-state index >= 15 is 0 Å². The van der Waals surface area contributed by atoms with Gasteiger partial charge in [-0.25, -0.2) is 4.98 Å². The van der Waals surface area contributed by atoms with Crippen LogP contribution in [0.25, 0.3) is 0 Å². The molecular formula is C13H23N3. The Morgan fingerprint density at radius 3 is 2.38 bits per heavy atom. The highest BCUT2D eigenvalue weighted by Crippen LogP contribution is 2.23. The van der Waals surface area contributed by atoms with Crippen LogP contribution in [0.15, 0.2) is 18.3 Å². The molecule has 0 radical (unpaired) electrons. The molecule has 2 N–H and O–H groups in total. The topological polar surface area (TPSA) is 42.1 Å². The van der Waals surface area contributed by atoms with Gasteiger partial charge in [-0.05, 0) is 24.0 Å². The molecule has 0 fully saturated rings. The van der Waals surface area contributed by atoms with Crippen molar-refractivity contribution in [1.82, 2.24) is 4.98 Å². The number of anilines is 1. The van der Waals surface area contributed by atoms with Crippen molar-refractivity contribution in [2.24, 2.45) is 5.73 Å². The van der Waals surface area contributed by atoms with E-state index in [9.17, 15) is 0 Å². The van der Waals surface area contributed by atoms with Crippen molar-refractivity contribution in [2.45, 2.75) is 39.2 Å². The zero-order valence-corrected chi connectivity index (χ0v) is 11.0. The highest BCUT2D eigenvalue weighted by Gasteiger charge is 2.15. The van der Waals surface area contributed by atoms with Gasteiger partial charge < -0.3 is 10.6 Å². The van der Waals surface area contributed by atoms with Crippen molar-refractivity contribution >= 4 is 5.82 Å². The van der Waals surface area contributed by atoms with E-state index < -0.39 is 0 Å². The predicted octanol–water partition coefficient (Wildman–Crippen LogP) is 2.16. The van der Waals surface area contributed by atoms with E-state index in [1.165, 1.54) is 5.56 Å². The fourth-order valence-corrected chi connectivity index (χ4v) is 1.42. The highest BCUT2D eigenvalue weighted by atomic mass is 15.2. The number of hydrogen-bond donors (Lipinski definition) is 1. The molecule has 3 nitrogen and oxygen atoms in total. The molecule has 1 heterocycles. The molecule has 1 unspecified atom stereocenters. The molecule has 1 atom stereocenters. The lowest BCUT2D eigenvalue weighted by Gasteiger charge is -2.26. The Bertz CT molecular complexity index is 324. The van der Waals surface area contributed by atoms with Crippen molar-refractivity contribution in [3.8, 4) is 0 Å². The van der Waals surface area contributed by atoms with Gasteiger partial charge in [0.25, 0.3) is 0 Å². The predicted molar refractivity (Wildman–Crippen MR) is 69.9 cm³/mol. The van der Waals surface area contributed by atoms with Crippen molar-refractivity contribution in [3.63, 3.8) is 0 Å². The average molecular weight is 221 g/mol. The van der Waals surface area contributed by atoms with E-state index in [2.05, 4.69) is 49.7 Å². The number of pyridine rings is 1. The summed E-state index contributed by atoms with van der Waals surface area (Å²) < 4.78 is 0. The Hall–Kier alpha value is -1.09. The van der Waals surface area contributed by atoms with Gasteiger partial charge in [0.15, 0.2) is 0 Å². The van der Waals surface area contributed by atoms with Gasteiger partial charge in [-0.15, -0.1) is 0 Å². The smallest absolute Gasteiger partial charge is 0.128 e. The summed E-state index contributed by atoms with van der Waals surface area (Å²) >= 11 is 0. The maximum atomic E-state index is 5.64. The number of likely N-dealkylation sites (N-methyl/N-ethyl adjacent to an activating group) is 1. The third kappa shape index (κ3) is 2.95. The zero-order chi connectivity index (χ0) is 12.3. The summed E-state index contributed by atoms with van der Waals surface area (Å²) in [6.07, 6.45) is 1.95. The van der Waals surface area contributed by atoms with Gasteiger partial charge in [0.05, 0.1) is 0 Å². The SMILES string of the molecule is CC(CN)N(C)c1ccc(C(C)(C)C)cn1. The maximum Gasteiger partial charge on any atom is 0.128 e. The molecule has 0 saturated carbocycles. The van der Waals surface area contributed by atoms with Gasteiger partial charge in [0, 0.05) is 25.8 Å². The van der Waals surface area contributed by atoms with Crippen LogP contribution >= 0.6 is 0 Å². The lowest BCUT2D eigenvalue weighted by atomic mass is 9.88. The molecule has 0 aliphatic rings. The summed E-state index contributed by atoms with van der Waals surface area (Å²) in [5.74, 6) is 0.978. The van der Waals surface area contributed by atoms with E-state index in [-0.39, 0.29) is 5.41 Å². The highest BCUT2D eigenvalue weighted by molar-refractivity contribution is 5.40. The van der Waals surface area contributed by atoms with Crippen LogP contribution < -0.4 is 10.6 Å². The molecule has 0 spiro atoms. The minimum atomic E-state index is 0.156. The third-order valence-corrected chi connectivity index (χ3v) is 2.98. The standard InChI is InChI=1S/C13H23N3/c1-10(8-14)16(5)12-7-6-11(9-15-12)13(2,3)4/h6-7,9-10H,8,14H2,1-5H3. The van der Waals surface area contributed by atoms with Crippen molar-refractivity contribution in [2.75, 3.05) is 18.5 Å². The summed E-state index contributed by atoms with van der Waals surface area (Å²) in [4.78, 5) is 6.59. The van der Waals surface area contributed by atoms with Crippen LogP contribution in [0.1, 0.15) is 33.3 Å². The fraction of sp³-hybridized carbons (Fsp3) is 0.615. The van der Waals surface area contributed by atoms with E-state index in [4.69, 9.17) is 5.73 Å². The molecule has 3 heteroatoms. The second-order valence-corrected chi connectivity index (χ2v) is 5.35. The van der Waals surface area contributed by atoms with E-state index in [0.29, 0.717) is 12.6 Å². The number of nitrogens with zero attached hydrogens (tertiary/aromatic N) is 2. The zero-order valence-electron chi connectivity index (χ0n) is 11.0. The first-order valence-electron chi connectivity index (χ1n) is 5.75. The van der Waals surface area contributed by atoms with Gasteiger partial charge in [0.2, 0.25) is 0 Å². The quantitative estimate of drug-likeness (QED) is 0.850. The molecule has 0 aliphatic heterocycles. The fourth-order valence-electron chi connectivity index (χ4n) is 1.42. The summed E-state index contributed by atoms with van der Waals surface area (Å²) in [5, 5.41) is 0. The molecule has 0 saturated heterocycles. The number of hydrogen-bond acceptors (Lipinski definition) is 3. The van der Waals surface area contributed by atoms with Gasteiger partial charge in [-0.3, -0.25) is 0 Å². The van der Waals surface area contributed by atoms with E-state index in [1.54, 1.807) is 0 Å². The normalized spacial score (nSPS) is 13.6. The molecule has 90 valence electrons. The van der Waals surface area contributed by atoms with Gasteiger partial charge in [-0.1, -0.05) is 26.8 Å². The molecule has 0 aromatic carbocycles. The van der Waals surface area contributed by atoms with Gasteiger partial charge in [-0.2, -0.15) is 0 Å². The molecule has 0 bridgehead atoms. The molecule has 16 heavy (non-hydrogen) atoms. The molecule has 1 aromatic rings. The Morgan fingerprint density at radius 2 is 2.00 bits per heavy atom. The summed E-state index contributed by atoms with van der Waals surface area (Å²) in [6.45, 7) is 9.31. The molecule has 1 rings (SSSR count). The summed E-state index contributed by atoms with van der Waals surface area (Å²) in [6, 6.07) is 4.52. The number of nitrogens with two attached hydrogens (primary N) is 1. The molecular weight excluding hydrogens is 198 g/mol. The Morgan fingerprint density at radius 1 is 1.38 bits per heavy atom. The van der Waals surface area contributed by atoms with Crippen LogP contribution in [0, 0.1) is 0 Å². The third-order valence-electron chi connectivity index (χ3n) is 2.98.